The van der Waals surface area contributed by atoms with Gasteiger partial charge in [-0.05, 0) is 24.1 Å². The molecule has 0 bridgehead atoms. The zero-order chi connectivity index (χ0) is 13.0. The van der Waals surface area contributed by atoms with Gasteiger partial charge >= 0.3 is 0 Å². The lowest BCUT2D eigenvalue weighted by molar-refractivity contribution is 0.269. The van der Waals surface area contributed by atoms with Crippen LogP contribution < -0.4 is 5.32 Å². The van der Waals surface area contributed by atoms with Gasteiger partial charge in [-0.3, -0.25) is 4.68 Å². The lowest BCUT2D eigenvalue weighted by atomic mass is 10.1. The first-order valence-electron chi connectivity index (χ1n) is 5.81. The predicted octanol–water partition coefficient (Wildman–Crippen LogP) is 1.94. The van der Waals surface area contributed by atoms with E-state index in [9.17, 15) is 4.39 Å². The number of benzene rings is 1. The van der Waals surface area contributed by atoms with Crippen molar-refractivity contribution in [2.24, 2.45) is 0 Å². The lowest BCUT2D eigenvalue weighted by Crippen LogP contribution is -2.02. The Kier molecular flexibility index (Phi) is 3.94. The second-order valence-corrected chi connectivity index (χ2v) is 4.15. The van der Waals surface area contributed by atoms with Crippen molar-refractivity contribution in [1.82, 2.24) is 9.78 Å². The highest BCUT2D eigenvalue weighted by molar-refractivity contribution is 5.39. The third-order valence-corrected chi connectivity index (χ3v) is 2.68. The molecule has 0 saturated heterocycles. The van der Waals surface area contributed by atoms with E-state index in [1.54, 1.807) is 23.9 Å². The van der Waals surface area contributed by atoms with Crippen LogP contribution in [0.3, 0.4) is 0 Å². The number of anilines is 1. The summed E-state index contributed by atoms with van der Waals surface area (Å²) in [6, 6.07) is 5.05. The number of aryl methyl sites for hydroxylation is 1. The van der Waals surface area contributed by atoms with Crippen molar-refractivity contribution in [2.75, 3.05) is 11.9 Å². The Balaban J connectivity index is 1.95. The highest BCUT2D eigenvalue weighted by atomic mass is 19.1. The zero-order valence-electron chi connectivity index (χ0n) is 10.2. The molecule has 18 heavy (non-hydrogen) atoms. The van der Waals surface area contributed by atoms with Gasteiger partial charge in [0.1, 0.15) is 5.82 Å². The molecule has 2 N–H and O–H groups in total. The van der Waals surface area contributed by atoms with E-state index in [2.05, 4.69) is 10.4 Å². The summed E-state index contributed by atoms with van der Waals surface area (Å²) in [4.78, 5) is 0. The molecule has 1 aromatic carbocycles. The van der Waals surface area contributed by atoms with Crippen molar-refractivity contribution in [2.45, 2.75) is 20.0 Å². The second-order valence-electron chi connectivity index (χ2n) is 4.15. The van der Waals surface area contributed by atoms with Crippen LogP contribution in [-0.2, 0) is 13.1 Å². The van der Waals surface area contributed by atoms with Gasteiger partial charge in [0.2, 0.25) is 0 Å². The number of aliphatic hydroxyl groups excluding tert-OH is 1. The number of hydrogen-bond acceptors (Lipinski definition) is 3. The van der Waals surface area contributed by atoms with Crippen LogP contribution in [0.4, 0.5) is 10.1 Å². The lowest BCUT2D eigenvalue weighted by Gasteiger charge is -2.05. The third kappa shape index (κ3) is 3.07. The van der Waals surface area contributed by atoms with Crippen LogP contribution in [0.25, 0.3) is 0 Å². The molecule has 96 valence electrons. The molecule has 0 atom stereocenters. The summed E-state index contributed by atoms with van der Waals surface area (Å²) in [5, 5.41) is 16.1. The van der Waals surface area contributed by atoms with Gasteiger partial charge in [-0.2, -0.15) is 5.10 Å². The first-order chi connectivity index (χ1) is 8.69. The molecule has 4 nitrogen and oxygen atoms in total. The zero-order valence-corrected chi connectivity index (χ0v) is 10.2. The molecule has 1 aromatic heterocycles. The summed E-state index contributed by atoms with van der Waals surface area (Å²) < 4.78 is 14.8. The maximum atomic E-state index is 13.1. The van der Waals surface area contributed by atoms with E-state index in [1.807, 2.05) is 12.3 Å². The second kappa shape index (κ2) is 5.64. The summed E-state index contributed by atoms with van der Waals surface area (Å²) >= 11 is 0. The summed E-state index contributed by atoms with van der Waals surface area (Å²) in [5.41, 5.74) is 2.54. The normalized spacial score (nSPS) is 10.6. The Morgan fingerprint density at radius 1 is 1.44 bits per heavy atom. The maximum Gasteiger partial charge on any atom is 0.126 e. The predicted molar refractivity (Wildman–Crippen MR) is 67.8 cm³/mol. The fraction of sp³-hybridized carbons (Fsp3) is 0.308. The smallest absolute Gasteiger partial charge is 0.126 e. The number of halogens is 1. The Morgan fingerprint density at radius 3 is 3.00 bits per heavy atom. The molecule has 1 heterocycles. The van der Waals surface area contributed by atoms with Crippen molar-refractivity contribution in [3.63, 3.8) is 0 Å². The summed E-state index contributed by atoms with van der Waals surface area (Å²) in [7, 11) is 0. The Hall–Kier alpha value is -1.88. The Morgan fingerprint density at radius 2 is 2.28 bits per heavy atom. The van der Waals surface area contributed by atoms with Crippen molar-refractivity contribution < 1.29 is 9.50 Å². The summed E-state index contributed by atoms with van der Waals surface area (Å²) in [6.45, 7) is 2.92. The van der Waals surface area contributed by atoms with Crippen LogP contribution in [0, 0.1) is 12.7 Å². The van der Waals surface area contributed by atoms with E-state index in [1.165, 1.54) is 6.07 Å². The third-order valence-electron chi connectivity index (χ3n) is 2.68. The minimum atomic E-state index is -0.186. The first kappa shape index (κ1) is 12.6. The van der Waals surface area contributed by atoms with Crippen molar-refractivity contribution in [3.05, 3.63) is 47.5 Å². The maximum absolute atomic E-state index is 13.1. The molecule has 0 amide bonds. The van der Waals surface area contributed by atoms with Crippen LogP contribution in [0.1, 0.15) is 11.1 Å². The molecule has 5 heteroatoms. The van der Waals surface area contributed by atoms with Gasteiger partial charge in [0.05, 0.1) is 25.0 Å². The van der Waals surface area contributed by atoms with Crippen molar-refractivity contribution in [1.29, 1.82) is 0 Å². The van der Waals surface area contributed by atoms with Gasteiger partial charge in [-0.1, -0.05) is 12.1 Å². The number of nitrogens with one attached hydrogen (secondary N) is 1. The quantitative estimate of drug-likeness (QED) is 0.851. The standard InChI is InChI=1S/C13H16FN3O/c1-10-6-11(2-3-13(10)14)7-15-12-8-16-17(9-12)4-5-18/h2-3,6,8-9,15,18H,4-5,7H2,1H3. The molecular formula is C13H16FN3O. The minimum absolute atomic E-state index is 0.0677. The van der Waals surface area contributed by atoms with Gasteiger partial charge in [0.15, 0.2) is 0 Å². The fourth-order valence-corrected chi connectivity index (χ4v) is 1.70. The van der Waals surface area contributed by atoms with Crippen LogP contribution in [0.5, 0.6) is 0 Å². The topological polar surface area (TPSA) is 50.1 Å². The van der Waals surface area contributed by atoms with Crippen LogP contribution >= 0.6 is 0 Å². The molecule has 0 aliphatic carbocycles. The Labute approximate surface area is 105 Å². The van der Waals surface area contributed by atoms with Gasteiger partial charge in [-0.15, -0.1) is 0 Å². The van der Waals surface area contributed by atoms with Gasteiger partial charge in [-0.25, -0.2) is 4.39 Å². The van der Waals surface area contributed by atoms with Gasteiger partial charge in [0, 0.05) is 12.7 Å². The van der Waals surface area contributed by atoms with Crippen molar-refractivity contribution in [3.8, 4) is 0 Å². The van der Waals surface area contributed by atoms with Crippen LogP contribution in [0.15, 0.2) is 30.6 Å². The number of hydrogen-bond donors (Lipinski definition) is 2. The average Bonchev–Trinajstić information content (AvgIpc) is 2.79. The Bertz CT molecular complexity index is 525. The number of nitrogens with zero attached hydrogens (tertiary/aromatic N) is 2. The fourth-order valence-electron chi connectivity index (χ4n) is 1.70. The summed E-state index contributed by atoms with van der Waals surface area (Å²) in [6.07, 6.45) is 3.53. The number of aromatic nitrogens is 2. The van der Waals surface area contributed by atoms with E-state index in [0.717, 1.165) is 11.3 Å². The molecule has 2 aromatic rings. The van der Waals surface area contributed by atoms with E-state index in [-0.39, 0.29) is 12.4 Å². The molecular weight excluding hydrogens is 233 g/mol. The molecule has 0 unspecified atom stereocenters. The van der Waals surface area contributed by atoms with Crippen molar-refractivity contribution >= 4 is 5.69 Å². The highest BCUT2D eigenvalue weighted by Gasteiger charge is 2.01. The molecule has 0 aliphatic rings. The molecule has 2 rings (SSSR count). The monoisotopic (exact) mass is 249 g/mol. The van der Waals surface area contributed by atoms with Gasteiger partial charge in [0.25, 0.3) is 0 Å². The molecule has 0 aliphatic heterocycles. The van der Waals surface area contributed by atoms with E-state index in [4.69, 9.17) is 5.11 Å². The SMILES string of the molecule is Cc1cc(CNc2cnn(CCO)c2)ccc1F. The van der Waals surface area contributed by atoms with Gasteiger partial charge < -0.3 is 10.4 Å². The van der Waals surface area contributed by atoms with E-state index in [0.29, 0.717) is 18.7 Å². The molecule has 0 radical (unpaired) electrons. The van der Waals surface area contributed by atoms with E-state index >= 15 is 0 Å². The average molecular weight is 249 g/mol. The summed E-state index contributed by atoms with van der Waals surface area (Å²) in [5.74, 6) is -0.186. The molecule has 0 saturated carbocycles. The number of rotatable bonds is 5. The van der Waals surface area contributed by atoms with E-state index < -0.39 is 0 Å². The minimum Gasteiger partial charge on any atom is -0.394 e. The number of aliphatic hydroxyl groups is 1. The highest BCUT2D eigenvalue weighted by Crippen LogP contribution is 2.12. The molecule has 0 fully saturated rings. The molecule has 0 spiro atoms. The van der Waals surface area contributed by atoms with Crippen LogP contribution in [0.2, 0.25) is 0 Å². The first-order valence-corrected chi connectivity index (χ1v) is 5.81. The van der Waals surface area contributed by atoms with Crippen LogP contribution in [-0.4, -0.2) is 21.5 Å². The largest absolute Gasteiger partial charge is 0.394 e.